The number of aromatic nitrogens is 4. The van der Waals surface area contributed by atoms with E-state index in [1.165, 1.54) is 22.6 Å². The number of nitrogen functional groups attached to an aromatic ring is 1. The third-order valence-corrected chi connectivity index (χ3v) is 7.91. The third-order valence-electron chi connectivity index (χ3n) is 6.13. The van der Waals surface area contributed by atoms with Crippen LogP contribution in [0.25, 0.3) is 16.9 Å². The van der Waals surface area contributed by atoms with Gasteiger partial charge < -0.3 is 10.8 Å². The molecule has 9 nitrogen and oxygen atoms in total. The molecule has 32 heavy (non-hydrogen) atoms. The Kier molecular flexibility index (Phi) is 4.36. The molecule has 5 rings (SSSR count). The maximum atomic E-state index is 13.2. The molecule has 13 heteroatoms. The molecule has 170 valence electrons. The van der Waals surface area contributed by atoms with Gasteiger partial charge in [-0.25, -0.2) is 22.9 Å². The summed E-state index contributed by atoms with van der Waals surface area (Å²) in [5.41, 5.74) is 6.58. The summed E-state index contributed by atoms with van der Waals surface area (Å²) in [5.74, 6) is -1.86. The lowest BCUT2D eigenvalue weighted by Gasteiger charge is -2.56. The first-order chi connectivity index (χ1) is 14.9. The highest BCUT2D eigenvalue weighted by molar-refractivity contribution is 7.89. The molecule has 1 aliphatic carbocycles. The molecule has 0 unspecified atom stereocenters. The molecule has 1 aromatic carbocycles. The van der Waals surface area contributed by atoms with Gasteiger partial charge in [0.2, 0.25) is 10.0 Å². The smallest absolute Gasteiger partial charge is 0.393 e. The lowest BCUT2D eigenvalue weighted by Crippen LogP contribution is -2.64. The first kappa shape index (κ1) is 21.1. The number of hydrogen-bond acceptors (Lipinski definition) is 7. The highest BCUT2D eigenvalue weighted by atomic mass is 32.2. The highest BCUT2D eigenvalue weighted by Gasteiger charge is 2.55. The Labute approximate surface area is 180 Å². The van der Waals surface area contributed by atoms with Crippen molar-refractivity contribution < 1.29 is 26.7 Å². The maximum absolute atomic E-state index is 13.2. The van der Waals surface area contributed by atoms with Gasteiger partial charge >= 0.3 is 6.18 Å². The molecule has 3 heterocycles. The molecular formula is C19H19F3N6O3S. The number of hydrogen-bond donors (Lipinski definition) is 2. The van der Waals surface area contributed by atoms with Crippen molar-refractivity contribution in [3.05, 3.63) is 35.8 Å². The van der Waals surface area contributed by atoms with Crippen LogP contribution in [0.4, 0.5) is 19.0 Å². The Hall–Kier alpha value is -2.77. The molecule has 1 aliphatic heterocycles. The maximum Gasteiger partial charge on any atom is 0.453 e. The van der Waals surface area contributed by atoms with Crippen LogP contribution in [0.2, 0.25) is 0 Å². The van der Waals surface area contributed by atoms with Crippen LogP contribution in [-0.4, -0.2) is 56.6 Å². The number of imidazole rings is 1. The first-order valence-electron chi connectivity index (χ1n) is 9.77. The number of sulfonamides is 1. The zero-order valence-electron chi connectivity index (χ0n) is 16.8. The second-order valence-electron chi connectivity index (χ2n) is 8.51. The summed E-state index contributed by atoms with van der Waals surface area (Å²) in [4.78, 5) is 7.31. The predicted octanol–water partition coefficient (Wildman–Crippen LogP) is 1.85. The summed E-state index contributed by atoms with van der Waals surface area (Å²) in [5, 5.41) is 13.1. The van der Waals surface area contributed by atoms with Crippen molar-refractivity contribution in [2.24, 2.45) is 5.41 Å². The predicted molar refractivity (Wildman–Crippen MR) is 107 cm³/mol. The van der Waals surface area contributed by atoms with E-state index in [1.807, 2.05) is 0 Å². The Morgan fingerprint density at radius 1 is 1.25 bits per heavy atom. The summed E-state index contributed by atoms with van der Waals surface area (Å²) in [6.07, 6.45) is -2.73. The number of fused-ring (bicyclic) bond motifs is 1. The molecule has 2 aliphatic rings. The van der Waals surface area contributed by atoms with Crippen molar-refractivity contribution in [2.75, 3.05) is 18.8 Å². The molecule has 0 radical (unpaired) electrons. The van der Waals surface area contributed by atoms with E-state index < -0.39 is 27.8 Å². The van der Waals surface area contributed by atoms with Gasteiger partial charge in [-0.2, -0.15) is 17.5 Å². The minimum Gasteiger partial charge on any atom is -0.393 e. The summed E-state index contributed by atoms with van der Waals surface area (Å²) < 4.78 is 68.0. The Morgan fingerprint density at radius 3 is 2.56 bits per heavy atom. The fourth-order valence-corrected chi connectivity index (χ4v) is 6.16. The topological polar surface area (TPSA) is 127 Å². The van der Waals surface area contributed by atoms with Gasteiger partial charge in [0.1, 0.15) is 0 Å². The van der Waals surface area contributed by atoms with E-state index in [2.05, 4.69) is 15.1 Å². The Morgan fingerprint density at radius 2 is 1.94 bits per heavy atom. The van der Waals surface area contributed by atoms with Crippen LogP contribution in [0.5, 0.6) is 0 Å². The SMILES string of the molecule is Cc1ccc(S(=O)(=O)N2CC3(CC(O)C3)C2)cc1-c1cnc2c(N)nc(C(F)(F)F)nn12. The van der Waals surface area contributed by atoms with Gasteiger partial charge in [0, 0.05) is 24.1 Å². The zero-order valence-corrected chi connectivity index (χ0v) is 17.7. The zero-order chi connectivity index (χ0) is 23.1. The molecule has 2 aromatic heterocycles. The average molecular weight is 468 g/mol. The summed E-state index contributed by atoms with van der Waals surface area (Å²) in [6, 6.07) is 4.45. The van der Waals surface area contributed by atoms with E-state index in [0.29, 0.717) is 37.1 Å². The van der Waals surface area contributed by atoms with Crippen LogP contribution in [0.3, 0.4) is 0 Å². The Bertz CT molecular complexity index is 1340. The summed E-state index contributed by atoms with van der Waals surface area (Å²) in [7, 11) is -3.81. The summed E-state index contributed by atoms with van der Waals surface area (Å²) >= 11 is 0. The van der Waals surface area contributed by atoms with Gasteiger partial charge in [-0.1, -0.05) is 6.07 Å². The second-order valence-corrected chi connectivity index (χ2v) is 10.4. The highest BCUT2D eigenvalue weighted by Crippen LogP contribution is 2.50. The standard InChI is InChI=1S/C19H19F3N6O3S/c1-10-2-3-12(32(30,31)27-8-18(9-27)5-11(29)6-18)4-13(10)14-7-24-16-15(23)25-17(19(20,21)22)26-28(14)16/h2-4,7,11,29H,5-6,8-9H2,1H3,(H2,23,25,26). The van der Waals surface area contributed by atoms with Crippen molar-refractivity contribution >= 4 is 21.5 Å². The molecule has 0 bridgehead atoms. The molecular weight excluding hydrogens is 449 g/mol. The number of anilines is 1. The number of benzene rings is 1. The summed E-state index contributed by atoms with van der Waals surface area (Å²) in [6.45, 7) is 2.38. The van der Waals surface area contributed by atoms with Crippen molar-refractivity contribution in [3.63, 3.8) is 0 Å². The van der Waals surface area contributed by atoms with Crippen molar-refractivity contribution in [1.82, 2.24) is 23.9 Å². The van der Waals surface area contributed by atoms with E-state index in [9.17, 15) is 26.7 Å². The number of aryl methyl sites for hydroxylation is 1. The van der Waals surface area contributed by atoms with Crippen molar-refractivity contribution in [2.45, 2.75) is 36.9 Å². The van der Waals surface area contributed by atoms with Gasteiger partial charge in [-0.05, 0) is 37.5 Å². The minimum atomic E-state index is -4.81. The number of halogens is 3. The lowest BCUT2D eigenvalue weighted by molar-refractivity contribution is -0.145. The lowest BCUT2D eigenvalue weighted by atomic mass is 9.63. The number of alkyl halides is 3. The van der Waals surface area contributed by atoms with Crippen LogP contribution in [-0.2, 0) is 16.2 Å². The largest absolute Gasteiger partial charge is 0.453 e. The number of rotatable bonds is 3. The van der Waals surface area contributed by atoms with Gasteiger partial charge in [-0.3, -0.25) is 0 Å². The quantitative estimate of drug-likeness (QED) is 0.601. The van der Waals surface area contributed by atoms with E-state index in [4.69, 9.17) is 5.73 Å². The normalized spacial score (nSPS) is 19.3. The Balaban J connectivity index is 1.55. The molecule has 1 spiro atoms. The molecule has 3 N–H and O–H groups in total. The van der Waals surface area contributed by atoms with Crippen LogP contribution < -0.4 is 5.73 Å². The van der Waals surface area contributed by atoms with Crippen molar-refractivity contribution in [1.29, 1.82) is 0 Å². The van der Waals surface area contributed by atoms with Crippen molar-refractivity contribution in [3.8, 4) is 11.3 Å². The molecule has 1 saturated heterocycles. The van der Waals surface area contributed by atoms with Crippen LogP contribution in [0.1, 0.15) is 24.2 Å². The first-order valence-corrected chi connectivity index (χ1v) is 11.2. The van der Waals surface area contributed by atoms with E-state index in [0.717, 1.165) is 4.52 Å². The fraction of sp³-hybridized carbons (Fsp3) is 0.421. The van der Waals surface area contributed by atoms with Crippen LogP contribution in [0, 0.1) is 12.3 Å². The average Bonchev–Trinajstić information content (AvgIpc) is 3.07. The van der Waals surface area contributed by atoms with Crippen LogP contribution in [0.15, 0.2) is 29.3 Å². The van der Waals surface area contributed by atoms with E-state index in [1.54, 1.807) is 13.0 Å². The molecule has 2 fully saturated rings. The number of nitrogens with zero attached hydrogens (tertiary/aromatic N) is 5. The van der Waals surface area contributed by atoms with Gasteiger partial charge in [0.25, 0.3) is 5.82 Å². The van der Waals surface area contributed by atoms with E-state index in [-0.39, 0.29) is 27.8 Å². The fourth-order valence-electron chi connectivity index (χ4n) is 4.46. The number of aliphatic hydroxyl groups is 1. The minimum absolute atomic E-state index is 0.0147. The van der Waals surface area contributed by atoms with Gasteiger partial charge in [-0.15, -0.1) is 5.10 Å². The van der Waals surface area contributed by atoms with E-state index >= 15 is 0 Å². The molecule has 0 amide bonds. The molecule has 1 saturated carbocycles. The van der Waals surface area contributed by atoms with Crippen LogP contribution >= 0.6 is 0 Å². The second kappa shape index (κ2) is 6.62. The van der Waals surface area contributed by atoms with Gasteiger partial charge in [0.05, 0.1) is 22.9 Å². The molecule has 3 aromatic rings. The third kappa shape index (κ3) is 3.14. The number of nitrogens with two attached hydrogens (primary N) is 1. The molecule has 0 atom stereocenters. The monoisotopic (exact) mass is 468 g/mol. The number of aliphatic hydroxyl groups excluding tert-OH is 1. The van der Waals surface area contributed by atoms with Gasteiger partial charge in [0.15, 0.2) is 11.5 Å².